The summed E-state index contributed by atoms with van der Waals surface area (Å²) in [6.07, 6.45) is 9.57. The van der Waals surface area contributed by atoms with Gasteiger partial charge in [0.05, 0.1) is 12.7 Å². The number of fused-ring (bicyclic) bond motifs is 5. The number of carbonyl (C=O) groups is 2. The minimum atomic E-state index is -0.280. The van der Waals surface area contributed by atoms with Crippen LogP contribution in [-0.4, -0.2) is 31.1 Å². The lowest BCUT2D eigenvalue weighted by atomic mass is 9.48. The summed E-state index contributed by atoms with van der Waals surface area (Å²) >= 11 is 0. The van der Waals surface area contributed by atoms with Crippen molar-refractivity contribution in [3.05, 3.63) is 24.3 Å². The van der Waals surface area contributed by atoms with Crippen molar-refractivity contribution in [2.75, 3.05) is 13.4 Å². The van der Waals surface area contributed by atoms with Crippen LogP contribution in [0.5, 0.6) is 0 Å². The zero-order chi connectivity index (χ0) is 19.9. The Bertz CT molecular complexity index is 697. The number of hydrogen-bond donors (Lipinski definition) is 0. The van der Waals surface area contributed by atoms with Gasteiger partial charge in [-0.25, -0.2) is 9.78 Å². The lowest BCUT2D eigenvalue weighted by Crippen LogP contribution is -2.53. The third-order valence-electron chi connectivity index (χ3n) is 8.18. The Balaban J connectivity index is 1.48. The molecule has 0 aromatic rings. The van der Waals surface area contributed by atoms with Gasteiger partial charge in [0, 0.05) is 17.8 Å². The van der Waals surface area contributed by atoms with Crippen LogP contribution in [0.25, 0.3) is 0 Å². The molecule has 0 aliphatic heterocycles. The van der Waals surface area contributed by atoms with Crippen molar-refractivity contribution >= 4 is 11.6 Å². The quantitative estimate of drug-likeness (QED) is 0.225. The monoisotopic (exact) mass is 388 g/mol. The van der Waals surface area contributed by atoms with Gasteiger partial charge in [0.1, 0.15) is 5.78 Å². The average molecular weight is 389 g/mol. The van der Waals surface area contributed by atoms with Gasteiger partial charge in [-0.3, -0.25) is 9.59 Å². The summed E-state index contributed by atoms with van der Waals surface area (Å²) in [5, 5.41) is 0. The SMILES string of the molecule is C=CCOCOO[C@H]1CC[C@@]2(C)C(=CC(=O)C3C2CC[C@]2(C)C(=O)CCC32)C1. The van der Waals surface area contributed by atoms with E-state index in [1.807, 2.05) is 6.08 Å². The molecule has 3 saturated carbocycles. The Morgan fingerprint density at radius 1 is 1.14 bits per heavy atom. The molecule has 0 bridgehead atoms. The largest absolute Gasteiger partial charge is 0.348 e. The van der Waals surface area contributed by atoms with Gasteiger partial charge in [-0.1, -0.05) is 25.5 Å². The third-order valence-corrected chi connectivity index (χ3v) is 8.18. The van der Waals surface area contributed by atoms with E-state index < -0.39 is 0 Å². The number of Topliss-reactive ketones (excluding diaryl/α,β-unsaturated/α-hetero) is 1. The summed E-state index contributed by atoms with van der Waals surface area (Å²) in [5.41, 5.74) is 0.960. The van der Waals surface area contributed by atoms with E-state index in [0.717, 1.165) is 38.5 Å². The van der Waals surface area contributed by atoms with Crippen LogP contribution in [0.4, 0.5) is 0 Å². The van der Waals surface area contributed by atoms with Crippen LogP contribution in [-0.2, 0) is 24.1 Å². The highest BCUT2D eigenvalue weighted by Crippen LogP contribution is 2.63. The van der Waals surface area contributed by atoms with Crippen LogP contribution in [0, 0.1) is 28.6 Å². The van der Waals surface area contributed by atoms with Gasteiger partial charge in [0.25, 0.3) is 0 Å². The molecular formula is C23H32O5. The van der Waals surface area contributed by atoms with Crippen LogP contribution in [0.2, 0.25) is 0 Å². The molecule has 5 heteroatoms. The standard InChI is InChI=1S/C23H32O5/c1-4-11-26-14-27-28-16-7-9-22(2)15(12-16)13-19(24)21-17-5-6-20(25)23(17,3)10-8-18(21)22/h4,13,16-18,21H,1,5-12,14H2,2-3H3/t16-,17?,18?,21?,22-,23-/m0/s1. The summed E-state index contributed by atoms with van der Waals surface area (Å²) in [5.74, 6) is 1.19. The predicted molar refractivity (Wildman–Crippen MR) is 104 cm³/mol. The van der Waals surface area contributed by atoms with Gasteiger partial charge in [0.2, 0.25) is 0 Å². The summed E-state index contributed by atoms with van der Waals surface area (Å²) in [6.45, 7) is 8.53. The molecule has 6 atom stereocenters. The second kappa shape index (κ2) is 7.51. The van der Waals surface area contributed by atoms with E-state index >= 15 is 0 Å². The topological polar surface area (TPSA) is 61.8 Å². The molecule has 28 heavy (non-hydrogen) atoms. The smallest absolute Gasteiger partial charge is 0.181 e. The number of hydrogen-bond acceptors (Lipinski definition) is 5. The molecule has 154 valence electrons. The number of ether oxygens (including phenoxy) is 1. The maximum absolute atomic E-state index is 13.2. The van der Waals surface area contributed by atoms with Crippen LogP contribution in [0.15, 0.2) is 24.3 Å². The highest BCUT2D eigenvalue weighted by Gasteiger charge is 2.61. The third kappa shape index (κ3) is 3.12. The highest BCUT2D eigenvalue weighted by molar-refractivity contribution is 5.96. The van der Waals surface area contributed by atoms with Crippen molar-refractivity contribution < 1.29 is 24.1 Å². The highest BCUT2D eigenvalue weighted by atomic mass is 17.2. The van der Waals surface area contributed by atoms with Crippen molar-refractivity contribution in [1.82, 2.24) is 0 Å². The van der Waals surface area contributed by atoms with E-state index in [1.54, 1.807) is 6.08 Å². The predicted octanol–water partition coefficient (Wildman–Crippen LogP) is 4.17. The first-order chi connectivity index (χ1) is 13.4. The Morgan fingerprint density at radius 3 is 2.68 bits per heavy atom. The normalized spacial score (nSPS) is 42.4. The molecule has 4 aliphatic rings. The lowest BCUT2D eigenvalue weighted by Gasteiger charge is -2.55. The van der Waals surface area contributed by atoms with E-state index in [1.165, 1.54) is 5.57 Å². The van der Waals surface area contributed by atoms with Crippen LogP contribution >= 0.6 is 0 Å². The van der Waals surface area contributed by atoms with Crippen molar-refractivity contribution in [1.29, 1.82) is 0 Å². The number of carbonyl (C=O) groups excluding carboxylic acids is 2. The van der Waals surface area contributed by atoms with Gasteiger partial charge in [-0.2, -0.15) is 0 Å². The molecule has 0 N–H and O–H groups in total. The minimum Gasteiger partial charge on any atom is -0.348 e. The Labute approximate surface area is 167 Å². The molecule has 5 nitrogen and oxygen atoms in total. The number of ketones is 2. The van der Waals surface area contributed by atoms with Crippen molar-refractivity contribution in [3.63, 3.8) is 0 Å². The summed E-state index contributed by atoms with van der Waals surface area (Å²) in [4.78, 5) is 36.4. The summed E-state index contributed by atoms with van der Waals surface area (Å²) in [7, 11) is 0. The molecule has 0 saturated heterocycles. The first-order valence-corrected chi connectivity index (χ1v) is 10.7. The van der Waals surface area contributed by atoms with Crippen LogP contribution in [0.3, 0.4) is 0 Å². The number of rotatable bonds is 6. The van der Waals surface area contributed by atoms with E-state index in [-0.39, 0.29) is 41.3 Å². The molecule has 0 amide bonds. The van der Waals surface area contributed by atoms with E-state index in [0.29, 0.717) is 24.7 Å². The molecular weight excluding hydrogens is 356 g/mol. The van der Waals surface area contributed by atoms with Crippen LogP contribution < -0.4 is 0 Å². The van der Waals surface area contributed by atoms with E-state index in [9.17, 15) is 9.59 Å². The second-order valence-corrected chi connectivity index (χ2v) is 9.50. The molecule has 4 rings (SSSR count). The first-order valence-electron chi connectivity index (χ1n) is 10.7. The Hall–Kier alpha value is -1.30. The molecule has 4 aliphatic carbocycles. The fourth-order valence-electron chi connectivity index (χ4n) is 6.51. The zero-order valence-corrected chi connectivity index (χ0v) is 17.1. The molecule has 0 aromatic heterocycles. The van der Waals surface area contributed by atoms with Crippen LogP contribution in [0.1, 0.15) is 58.8 Å². The van der Waals surface area contributed by atoms with Gasteiger partial charge < -0.3 is 4.74 Å². The van der Waals surface area contributed by atoms with Gasteiger partial charge in [-0.05, 0) is 61.9 Å². The molecule has 3 unspecified atom stereocenters. The van der Waals surface area contributed by atoms with Crippen molar-refractivity contribution in [3.8, 4) is 0 Å². The molecule has 0 heterocycles. The molecule has 0 spiro atoms. The Kier molecular flexibility index (Phi) is 5.36. The molecule has 0 radical (unpaired) electrons. The number of allylic oxidation sites excluding steroid dienone is 1. The van der Waals surface area contributed by atoms with Crippen molar-refractivity contribution in [2.45, 2.75) is 64.9 Å². The fraction of sp³-hybridized carbons (Fsp3) is 0.739. The zero-order valence-electron chi connectivity index (χ0n) is 17.1. The average Bonchev–Trinajstić information content (AvgIpc) is 2.97. The maximum atomic E-state index is 13.2. The molecule has 3 fully saturated rings. The fourth-order valence-corrected chi connectivity index (χ4v) is 6.51. The van der Waals surface area contributed by atoms with Gasteiger partial charge in [0.15, 0.2) is 12.6 Å². The molecule has 0 aromatic carbocycles. The van der Waals surface area contributed by atoms with Gasteiger partial charge in [-0.15, -0.1) is 6.58 Å². The summed E-state index contributed by atoms with van der Waals surface area (Å²) in [6, 6.07) is 0. The maximum Gasteiger partial charge on any atom is 0.181 e. The summed E-state index contributed by atoms with van der Waals surface area (Å²) < 4.78 is 5.18. The van der Waals surface area contributed by atoms with E-state index in [2.05, 4.69) is 20.4 Å². The minimum absolute atomic E-state index is 0.0139. The van der Waals surface area contributed by atoms with E-state index in [4.69, 9.17) is 14.5 Å². The second-order valence-electron chi connectivity index (χ2n) is 9.50. The van der Waals surface area contributed by atoms with Crippen molar-refractivity contribution in [2.24, 2.45) is 28.6 Å². The first kappa shape index (κ1) is 20.0. The lowest BCUT2D eigenvalue weighted by molar-refractivity contribution is -0.362. The van der Waals surface area contributed by atoms with Gasteiger partial charge >= 0.3 is 0 Å². The Morgan fingerprint density at radius 2 is 1.89 bits per heavy atom.